The lowest BCUT2D eigenvalue weighted by atomic mass is 10.0. The normalized spacial score (nSPS) is 15.1. The third-order valence-electron chi connectivity index (χ3n) is 3.06. The Hall–Kier alpha value is -1.67. The first kappa shape index (κ1) is 20.3. The molecule has 0 aliphatic heterocycles. The molecule has 0 saturated carbocycles. The average Bonchev–Trinajstić information content (AvgIpc) is 2.37. The lowest BCUT2D eigenvalue weighted by molar-refractivity contribution is -0.132. The maximum Gasteiger partial charge on any atom is 0.242 e. The fourth-order valence-corrected chi connectivity index (χ4v) is 1.75. The second-order valence-corrected chi connectivity index (χ2v) is 6.01. The molecule has 0 saturated heterocycles. The van der Waals surface area contributed by atoms with Crippen LogP contribution in [0.25, 0.3) is 0 Å². The highest BCUT2D eigenvalue weighted by Crippen LogP contribution is 2.01. The highest BCUT2D eigenvalue weighted by atomic mass is 16.2. The molecular formula is C14H29N5O3. The third-order valence-corrected chi connectivity index (χ3v) is 3.06. The maximum atomic E-state index is 12.0. The second-order valence-electron chi connectivity index (χ2n) is 6.01. The van der Waals surface area contributed by atoms with Gasteiger partial charge in [-0.3, -0.25) is 20.2 Å². The van der Waals surface area contributed by atoms with E-state index in [0.717, 1.165) is 0 Å². The van der Waals surface area contributed by atoms with E-state index < -0.39 is 24.0 Å². The summed E-state index contributed by atoms with van der Waals surface area (Å²) in [4.78, 5) is 35.7. The van der Waals surface area contributed by atoms with E-state index in [4.69, 9.17) is 5.84 Å². The van der Waals surface area contributed by atoms with Gasteiger partial charge in [-0.05, 0) is 33.6 Å². The zero-order valence-electron chi connectivity index (χ0n) is 14.2. The largest absolute Gasteiger partial charge is 0.352 e. The number of hydrogen-bond acceptors (Lipinski definition) is 5. The Balaban J connectivity index is 4.49. The molecule has 0 fully saturated rings. The number of hydrazine groups is 1. The lowest BCUT2D eigenvalue weighted by Gasteiger charge is -2.23. The van der Waals surface area contributed by atoms with Crippen LogP contribution in [-0.4, -0.2) is 41.9 Å². The standard InChI is InChI=1S/C14H29N5O3/c1-7(2)11(19-15)14(22)18-10(6)13(21)17-9(5)12(20)16-8(3)4/h7-11,19H,15H2,1-6H3,(H,16,20)(H,17,21)(H,18,22)/t9-,10-,11-/m0/s1. The zero-order chi connectivity index (χ0) is 17.4. The van der Waals surface area contributed by atoms with Gasteiger partial charge in [0.05, 0.1) is 0 Å². The molecule has 3 amide bonds. The topological polar surface area (TPSA) is 125 Å². The summed E-state index contributed by atoms with van der Waals surface area (Å²) in [7, 11) is 0. The van der Waals surface area contributed by atoms with Crippen molar-refractivity contribution in [1.29, 1.82) is 0 Å². The van der Waals surface area contributed by atoms with Crippen LogP contribution < -0.4 is 27.2 Å². The monoisotopic (exact) mass is 315 g/mol. The Labute approximate surface area is 131 Å². The minimum absolute atomic E-state index is 0.00796. The highest BCUT2D eigenvalue weighted by molar-refractivity contribution is 5.92. The zero-order valence-corrected chi connectivity index (χ0v) is 14.2. The molecule has 22 heavy (non-hydrogen) atoms. The minimum atomic E-state index is -0.767. The van der Waals surface area contributed by atoms with E-state index >= 15 is 0 Å². The Bertz CT molecular complexity index is 398. The highest BCUT2D eigenvalue weighted by Gasteiger charge is 2.25. The van der Waals surface area contributed by atoms with Crippen molar-refractivity contribution in [3.8, 4) is 0 Å². The van der Waals surface area contributed by atoms with Crippen molar-refractivity contribution in [3.05, 3.63) is 0 Å². The van der Waals surface area contributed by atoms with Crippen LogP contribution in [0.3, 0.4) is 0 Å². The van der Waals surface area contributed by atoms with Crippen LogP contribution in [0.5, 0.6) is 0 Å². The molecule has 0 bridgehead atoms. The third kappa shape index (κ3) is 6.86. The molecule has 128 valence electrons. The summed E-state index contributed by atoms with van der Waals surface area (Å²) in [5, 5.41) is 7.83. The van der Waals surface area contributed by atoms with E-state index in [2.05, 4.69) is 21.4 Å². The molecule has 8 nitrogen and oxygen atoms in total. The molecule has 6 N–H and O–H groups in total. The molecule has 0 unspecified atom stereocenters. The summed E-state index contributed by atoms with van der Waals surface area (Å²) in [6.07, 6.45) is 0. The van der Waals surface area contributed by atoms with Gasteiger partial charge in [0.15, 0.2) is 0 Å². The van der Waals surface area contributed by atoms with Crippen LogP contribution in [0.2, 0.25) is 0 Å². The number of amides is 3. The maximum absolute atomic E-state index is 12.0. The Morgan fingerprint density at radius 1 is 0.727 bits per heavy atom. The Kier molecular flexibility index (Phi) is 8.66. The van der Waals surface area contributed by atoms with Gasteiger partial charge in [0.2, 0.25) is 17.7 Å². The van der Waals surface area contributed by atoms with Gasteiger partial charge in [-0.15, -0.1) is 0 Å². The minimum Gasteiger partial charge on any atom is -0.352 e. The summed E-state index contributed by atoms with van der Waals surface area (Å²) < 4.78 is 0. The molecule has 0 spiro atoms. The smallest absolute Gasteiger partial charge is 0.242 e. The molecule has 0 aromatic carbocycles. The summed E-state index contributed by atoms with van der Waals surface area (Å²) in [6.45, 7) is 10.5. The van der Waals surface area contributed by atoms with E-state index in [1.165, 1.54) is 0 Å². The van der Waals surface area contributed by atoms with Crippen LogP contribution in [0.15, 0.2) is 0 Å². The average molecular weight is 315 g/mol. The van der Waals surface area contributed by atoms with Crippen LogP contribution in [0.4, 0.5) is 0 Å². The van der Waals surface area contributed by atoms with E-state index in [0.29, 0.717) is 0 Å². The summed E-state index contributed by atoms with van der Waals surface area (Å²) >= 11 is 0. The summed E-state index contributed by atoms with van der Waals surface area (Å²) in [5.74, 6) is 4.25. The fraction of sp³-hybridized carbons (Fsp3) is 0.786. The predicted octanol–water partition coefficient (Wildman–Crippen LogP) is -0.992. The molecule has 0 aromatic heterocycles. The van der Waals surface area contributed by atoms with Gasteiger partial charge in [0, 0.05) is 6.04 Å². The number of carbonyl (C=O) groups excluding carboxylic acids is 3. The molecule has 0 aliphatic rings. The molecule has 3 atom stereocenters. The van der Waals surface area contributed by atoms with E-state index in [9.17, 15) is 14.4 Å². The predicted molar refractivity (Wildman–Crippen MR) is 84.4 cm³/mol. The first-order chi connectivity index (χ1) is 10.1. The second kappa shape index (κ2) is 9.37. The van der Waals surface area contributed by atoms with E-state index in [1.807, 2.05) is 27.7 Å². The van der Waals surface area contributed by atoms with E-state index in [-0.39, 0.29) is 23.8 Å². The summed E-state index contributed by atoms with van der Waals surface area (Å²) in [5.41, 5.74) is 2.42. The number of nitrogens with one attached hydrogen (secondary N) is 4. The van der Waals surface area contributed by atoms with Crippen molar-refractivity contribution >= 4 is 17.7 Å². The molecule has 0 aromatic rings. The van der Waals surface area contributed by atoms with Gasteiger partial charge in [0.25, 0.3) is 0 Å². The van der Waals surface area contributed by atoms with Crippen LogP contribution >= 0.6 is 0 Å². The van der Waals surface area contributed by atoms with Crippen molar-refractivity contribution in [2.75, 3.05) is 0 Å². The van der Waals surface area contributed by atoms with Crippen molar-refractivity contribution in [3.63, 3.8) is 0 Å². The first-order valence-electron chi connectivity index (χ1n) is 7.47. The first-order valence-corrected chi connectivity index (χ1v) is 7.47. The lowest BCUT2D eigenvalue weighted by Crippen LogP contribution is -2.56. The molecule has 8 heteroatoms. The van der Waals surface area contributed by atoms with Crippen molar-refractivity contribution in [2.24, 2.45) is 11.8 Å². The van der Waals surface area contributed by atoms with Gasteiger partial charge >= 0.3 is 0 Å². The Morgan fingerprint density at radius 2 is 1.14 bits per heavy atom. The quantitative estimate of drug-likeness (QED) is 0.290. The van der Waals surface area contributed by atoms with Crippen molar-refractivity contribution in [2.45, 2.75) is 65.7 Å². The Morgan fingerprint density at radius 3 is 1.50 bits per heavy atom. The number of nitrogens with two attached hydrogens (primary N) is 1. The van der Waals surface area contributed by atoms with Crippen LogP contribution in [0, 0.1) is 5.92 Å². The van der Waals surface area contributed by atoms with Gasteiger partial charge < -0.3 is 16.0 Å². The SMILES string of the molecule is CC(C)NC(=O)[C@H](C)NC(=O)[C@H](C)NC(=O)[C@@H](NN)C(C)C. The number of rotatable bonds is 8. The van der Waals surface area contributed by atoms with Gasteiger partial charge in [-0.1, -0.05) is 13.8 Å². The van der Waals surface area contributed by atoms with Gasteiger partial charge in [-0.2, -0.15) is 0 Å². The molecule has 0 aliphatic carbocycles. The molecule has 0 radical (unpaired) electrons. The fourth-order valence-electron chi connectivity index (χ4n) is 1.75. The van der Waals surface area contributed by atoms with Crippen molar-refractivity contribution < 1.29 is 14.4 Å². The van der Waals surface area contributed by atoms with Crippen LogP contribution in [0.1, 0.15) is 41.5 Å². The number of carbonyl (C=O) groups is 3. The molecule has 0 heterocycles. The van der Waals surface area contributed by atoms with Gasteiger partial charge in [-0.25, -0.2) is 5.43 Å². The van der Waals surface area contributed by atoms with Crippen molar-refractivity contribution in [1.82, 2.24) is 21.4 Å². The number of hydrogen-bond donors (Lipinski definition) is 5. The molecule has 0 rings (SSSR count). The van der Waals surface area contributed by atoms with Crippen LogP contribution in [-0.2, 0) is 14.4 Å². The van der Waals surface area contributed by atoms with E-state index in [1.54, 1.807) is 13.8 Å². The van der Waals surface area contributed by atoms with Gasteiger partial charge in [0.1, 0.15) is 18.1 Å². The molecular weight excluding hydrogens is 286 g/mol. The summed E-state index contributed by atoms with van der Waals surface area (Å²) in [6, 6.07) is -2.04.